The van der Waals surface area contributed by atoms with Crippen molar-refractivity contribution in [3.05, 3.63) is 52.4 Å². The quantitative estimate of drug-likeness (QED) is 0.943. The van der Waals surface area contributed by atoms with Crippen molar-refractivity contribution in [2.24, 2.45) is 0 Å². The van der Waals surface area contributed by atoms with Crippen molar-refractivity contribution >= 4 is 15.9 Å². The molecule has 0 bridgehead atoms. The Kier molecular flexibility index (Phi) is 4.28. The molecule has 0 amide bonds. The van der Waals surface area contributed by atoms with Gasteiger partial charge in [0.1, 0.15) is 0 Å². The van der Waals surface area contributed by atoms with Gasteiger partial charge in [0.15, 0.2) is 0 Å². The summed E-state index contributed by atoms with van der Waals surface area (Å²) in [4.78, 5) is 8.14. The monoisotopic (exact) mass is 308 g/mol. The summed E-state index contributed by atoms with van der Waals surface area (Å²) in [5, 5.41) is 10.2. The van der Waals surface area contributed by atoms with Gasteiger partial charge in [0.05, 0.1) is 13.2 Å². The molecular formula is C13H13BrN2O2. The van der Waals surface area contributed by atoms with E-state index in [1.54, 1.807) is 31.8 Å². The van der Waals surface area contributed by atoms with E-state index in [0.717, 1.165) is 10.0 Å². The first-order valence-electron chi connectivity index (χ1n) is 5.47. The summed E-state index contributed by atoms with van der Waals surface area (Å²) in [6, 6.07) is 5.52. The summed E-state index contributed by atoms with van der Waals surface area (Å²) in [6.07, 6.45) is 4.88. The fraction of sp³-hybridized carbons (Fsp3) is 0.231. The smallest absolute Gasteiger partial charge is 0.218 e. The molecule has 1 unspecified atom stereocenters. The number of halogens is 1. The summed E-state index contributed by atoms with van der Waals surface area (Å²) in [5.74, 6) is 0.452. The zero-order valence-corrected chi connectivity index (χ0v) is 11.5. The summed E-state index contributed by atoms with van der Waals surface area (Å²) in [5.41, 5.74) is 1.63. The summed E-state index contributed by atoms with van der Waals surface area (Å²) < 4.78 is 6.03. The molecule has 0 spiro atoms. The van der Waals surface area contributed by atoms with E-state index in [2.05, 4.69) is 25.9 Å². The molecule has 18 heavy (non-hydrogen) atoms. The zero-order chi connectivity index (χ0) is 13.0. The molecule has 2 rings (SSSR count). The van der Waals surface area contributed by atoms with E-state index in [0.29, 0.717) is 17.9 Å². The second-order valence-electron chi connectivity index (χ2n) is 3.83. The number of ether oxygens (including phenoxy) is 1. The van der Waals surface area contributed by atoms with Crippen LogP contribution in [0.5, 0.6) is 5.88 Å². The van der Waals surface area contributed by atoms with Crippen LogP contribution in [0.15, 0.2) is 41.3 Å². The van der Waals surface area contributed by atoms with Crippen molar-refractivity contribution < 1.29 is 9.84 Å². The van der Waals surface area contributed by atoms with Gasteiger partial charge in [0.25, 0.3) is 0 Å². The third-order valence-electron chi connectivity index (χ3n) is 2.54. The summed E-state index contributed by atoms with van der Waals surface area (Å²) in [7, 11) is 1.54. The minimum absolute atomic E-state index is 0.452. The third-order valence-corrected chi connectivity index (χ3v) is 2.98. The number of hydrogen-bond acceptors (Lipinski definition) is 4. The molecule has 1 N–H and O–H groups in total. The van der Waals surface area contributed by atoms with E-state index < -0.39 is 6.10 Å². The standard InChI is InChI=1S/C13H13BrN2O2/c1-18-13-11(3-2-4-16-13)12(17)6-9-5-10(14)8-15-7-9/h2-5,7-8,12,17H,6H2,1H3. The van der Waals surface area contributed by atoms with Gasteiger partial charge in [0.2, 0.25) is 5.88 Å². The fourth-order valence-electron chi connectivity index (χ4n) is 1.73. The summed E-state index contributed by atoms with van der Waals surface area (Å²) >= 11 is 3.36. The molecule has 2 heterocycles. The van der Waals surface area contributed by atoms with Crippen molar-refractivity contribution in [2.75, 3.05) is 7.11 Å². The number of aliphatic hydroxyl groups excluding tert-OH is 1. The second-order valence-corrected chi connectivity index (χ2v) is 4.75. The lowest BCUT2D eigenvalue weighted by molar-refractivity contribution is 0.173. The first-order chi connectivity index (χ1) is 8.70. The molecule has 0 aliphatic rings. The largest absolute Gasteiger partial charge is 0.481 e. The molecule has 4 nitrogen and oxygen atoms in total. The Hall–Kier alpha value is -1.46. The van der Waals surface area contributed by atoms with E-state index in [1.807, 2.05) is 12.1 Å². The van der Waals surface area contributed by atoms with Gasteiger partial charge in [-0.3, -0.25) is 4.98 Å². The van der Waals surface area contributed by atoms with E-state index in [4.69, 9.17) is 4.74 Å². The highest BCUT2D eigenvalue weighted by Gasteiger charge is 2.14. The molecule has 5 heteroatoms. The van der Waals surface area contributed by atoms with Crippen LogP contribution in [-0.4, -0.2) is 22.2 Å². The normalized spacial score (nSPS) is 12.2. The van der Waals surface area contributed by atoms with Crippen LogP contribution in [0, 0.1) is 0 Å². The minimum Gasteiger partial charge on any atom is -0.481 e. The zero-order valence-electron chi connectivity index (χ0n) is 9.88. The number of aliphatic hydroxyl groups is 1. The fourth-order valence-corrected chi connectivity index (χ4v) is 2.14. The van der Waals surface area contributed by atoms with E-state index in [9.17, 15) is 5.11 Å². The number of pyridine rings is 2. The Morgan fingerprint density at radius 3 is 3.00 bits per heavy atom. The molecule has 0 fully saturated rings. The highest BCUT2D eigenvalue weighted by molar-refractivity contribution is 9.10. The Bertz CT molecular complexity index is 534. The van der Waals surface area contributed by atoms with Crippen molar-refractivity contribution in [1.82, 2.24) is 9.97 Å². The number of hydrogen-bond donors (Lipinski definition) is 1. The topological polar surface area (TPSA) is 55.2 Å². The van der Waals surface area contributed by atoms with Crippen LogP contribution in [0.3, 0.4) is 0 Å². The lowest BCUT2D eigenvalue weighted by Gasteiger charge is -2.13. The van der Waals surface area contributed by atoms with Crippen molar-refractivity contribution in [3.63, 3.8) is 0 Å². The Morgan fingerprint density at radius 2 is 2.28 bits per heavy atom. The van der Waals surface area contributed by atoms with Crippen LogP contribution in [0.25, 0.3) is 0 Å². The number of aromatic nitrogens is 2. The predicted octanol–water partition coefficient (Wildman–Crippen LogP) is 2.52. The van der Waals surface area contributed by atoms with Gasteiger partial charge in [-0.15, -0.1) is 0 Å². The van der Waals surface area contributed by atoms with Gasteiger partial charge in [0, 0.05) is 35.0 Å². The van der Waals surface area contributed by atoms with Gasteiger partial charge in [-0.2, -0.15) is 0 Å². The van der Waals surface area contributed by atoms with E-state index in [1.165, 1.54) is 0 Å². The number of rotatable bonds is 4. The van der Waals surface area contributed by atoms with E-state index >= 15 is 0 Å². The lowest BCUT2D eigenvalue weighted by Crippen LogP contribution is -2.05. The van der Waals surface area contributed by atoms with E-state index in [-0.39, 0.29) is 0 Å². The van der Waals surface area contributed by atoms with Crippen LogP contribution in [-0.2, 0) is 6.42 Å². The van der Waals surface area contributed by atoms with Crippen molar-refractivity contribution in [1.29, 1.82) is 0 Å². The van der Waals surface area contributed by atoms with Crippen molar-refractivity contribution in [3.8, 4) is 5.88 Å². The molecule has 0 saturated heterocycles. The average Bonchev–Trinajstić information content (AvgIpc) is 2.38. The maximum Gasteiger partial charge on any atom is 0.218 e. The van der Waals surface area contributed by atoms with Crippen LogP contribution in [0.1, 0.15) is 17.2 Å². The lowest BCUT2D eigenvalue weighted by atomic mass is 10.0. The number of nitrogens with zero attached hydrogens (tertiary/aromatic N) is 2. The predicted molar refractivity (Wildman–Crippen MR) is 71.4 cm³/mol. The maximum absolute atomic E-state index is 10.2. The molecule has 0 aromatic carbocycles. The van der Waals surface area contributed by atoms with Crippen molar-refractivity contribution in [2.45, 2.75) is 12.5 Å². The highest BCUT2D eigenvalue weighted by atomic mass is 79.9. The molecule has 2 aromatic rings. The molecule has 1 atom stereocenters. The molecule has 0 saturated carbocycles. The van der Waals surface area contributed by atoms with Gasteiger partial charge in [-0.05, 0) is 39.7 Å². The minimum atomic E-state index is -0.662. The molecule has 0 aliphatic heterocycles. The Balaban J connectivity index is 2.19. The SMILES string of the molecule is COc1ncccc1C(O)Cc1cncc(Br)c1. The molecular weight excluding hydrogens is 296 g/mol. The van der Waals surface area contributed by atoms with Crippen LogP contribution in [0.2, 0.25) is 0 Å². The molecule has 0 radical (unpaired) electrons. The molecule has 2 aromatic heterocycles. The highest BCUT2D eigenvalue weighted by Crippen LogP contribution is 2.25. The molecule has 0 aliphatic carbocycles. The maximum atomic E-state index is 10.2. The van der Waals surface area contributed by atoms with Crippen LogP contribution in [0.4, 0.5) is 0 Å². The summed E-state index contributed by atoms with van der Waals surface area (Å²) in [6.45, 7) is 0. The molecule has 94 valence electrons. The first kappa shape index (κ1) is 13.0. The van der Waals surface area contributed by atoms with Gasteiger partial charge < -0.3 is 9.84 Å². The second kappa shape index (κ2) is 5.93. The number of methoxy groups -OCH3 is 1. The van der Waals surface area contributed by atoms with Gasteiger partial charge >= 0.3 is 0 Å². The third kappa shape index (κ3) is 3.05. The average molecular weight is 309 g/mol. The Labute approximate surface area is 114 Å². The van der Waals surface area contributed by atoms with Crippen LogP contribution >= 0.6 is 15.9 Å². The first-order valence-corrected chi connectivity index (χ1v) is 6.26. The van der Waals surface area contributed by atoms with Gasteiger partial charge in [-0.25, -0.2) is 4.98 Å². The van der Waals surface area contributed by atoms with Crippen LogP contribution < -0.4 is 4.74 Å². The van der Waals surface area contributed by atoms with Gasteiger partial charge in [-0.1, -0.05) is 0 Å². The Morgan fingerprint density at radius 1 is 1.44 bits per heavy atom.